The topological polar surface area (TPSA) is 90.0 Å². The molecule has 2 saturated heterocycles. The Morgan fingerprint density at radius 3 is 2.33 bits per heavy atom. The molecule has 0 aliphatic carbocycles. The highest BCUT2D eigenvalue weighted by molar-refractivity contribution is 6.05. The number of piperidine rings is 2. The number of alkyl halides is 6. The minimum Gasteiger partial charge on any atom is -0.385 e. The maximum atomic E-state index is 14.2. The van der Waals surface area contributed by atoms with Crippen LogP contribution in [0, 0.1) is 0 Å². The van der Waals surface area contributed by atoms with Crippen molar-refractivity contribution in [2.24, 2.45) is 0 Å². The van der Waals surface area contributed by atoms with E-state index in [2.05, 4.69) is 5.32 Å². The van der Waals surface area contributed by atoms with E-state index >= 15 is 0 Å². The van der Waals surface area contributed by atoms with Gasteiger partial charge in [-0.3, -0.25) is 24.6 Å². The molecule has 3 atom stereocenters. The third-order valence-electron chi connectivity index (χ3n) is 7.89. The van der Waals surface area contributed by atoms with Crippen molar-refractivity contribution in [2.45, 2.75) is 68.8 Å². The van der Waals surface area contributed by atoms with E-state index in [4.69, 9.17) is 0 Å². The molecule has 13 heteroatoms. The average molecular weight is 570 g/mol. The first-order valence-electron chi connectivity index (χ1n) is 12.6. The fraction of sp³-hybridized carbons (Fsp3) is 0.444. The number of amides is 3. The normalized spacial score (nSPS) is 26.2. The molecular formula is C27H25F6N3O4. The van der Waals surface area contributed by atoms with Gasteiger partial charge in [0, 0.05) is 38.0 Å². The number of likely N-dealkylation sites (tertiary alicyclic amines) is 1. The van der Waals surface area contributed by atoms with Crippen LogP contribution in [0.1, 0.15) is 58.3 Å². The molecule has 0 aromatic heterocycles. The molecule has 40 heavy (non-hydrogen) atoms. The number of rotatable bonds is 4. The van der Waals surface area contributed by atoms with Gasteiger partial charge in [-0.2, -0.15) is 26.3 Å². The second kappa shape index (κ2) is 9.88. The highest BCUT2D eigenvalue weighted by atomic mass is 19.4. The number of hydrogen-bond acceptors (Lipinski definition) is 5. The fourth-order valence-corrected chi connectivity index (χ4v) is 5.71. The molecule has 3 aliphatic rings. The fourth-order valence-electron chi connectivity index (χ4n) is 5.71. The molecule has 214 valence electrons. The van der Waals surface area contributed by atoms with Gasteiger partial charge in [-0.1, -0.05) is 24.3 Å². The molecule has 2 N–H and O–H groups in total. The lowest BCUT2D eigenvalue weighted by Crippen LogP contribution is -2.54. The van der Waals surface area contributed by atoms with Gasteiger partial charge in [-0.05, 0) is 47.7 Å². The SMILES string of the molecule is O=C1CCC(N2Cc3cc(C4(O)CCN(Cc5ccc(C(F)(F)F)cc5)C(C(F)(F)F)C4)ccc3C2=O)C(=O)N1. The number of halogens is 6. The summed E-state index contributed by atoms with van der Waals surface area (Å²) in [6.45, 7) is -0.425. The number of hydrogen-bond donors (Lipinski definition) is 2. The first-order valence-corrected chi connectivity index (χ1v) is 12.6. The number of benzene rings is 2. The molecule has 2 aromatic rings. The van der Waals surface area contributed by atoms with Gasteiger partial charge in [-0.15, -0.1) is 0 Å². The molecule has 3 heterocycles. The van der Waals surface area contributed by atoms with Crippen LogP contribution >= 0.6 is 0 Å². The average Bonchev–Trinajstić information content (AvgIpc) is 3.20. The van der Waals surface area contributed by atoms with Crippen LogP contribution in [-0.2, 0) is 34.5 Å². The Bertz CT molecular complexity index is 1340. The van der Waals surface area contributed by atoms with Crippen molar-refractivity contribution < 1.29 is 45.8 Å². The van der Waals surface area contributed by atoms with Gasteiger partial charge in [0.1, 0.15) is 12.1 Å². The number of carbonyl (C=O) groups is 3. The predicted octanol–water partition coefficient (Wildman–Crippen LogP) is 3.88. The largest absolute Gasteiger partial charge is 0.416 e. The second-order valence-corrected chi connectivity index (χ2v) is 10.5. The summed E-state index contributed by atoms with van der Waals surface area (Å²) in [6.07, 6.45) is -9.85. The number of fused-ring (bicyclic) bond motifs is 1. The van der Waals surface area contributed by atoms with Crippen LogP contribution in [0.25, 0.3) is 0 Å². The summed E-state index contributed by atoms with van der Waals surface area (Å²) >= 11 is 0. The Hall–Kier alpha value is -3.45. The van der Waals surface area contributed by atoms with Crippen molar-refractivity contribution in [2.75, 3.05) is 6.54 Å². The third-order valence-corrected chi connectivity index (χ3v) is 7.89. The lowest BCUT2D eigenvalue weighted by atomic mass is 9.79. The lowest BCUT2D eigenvalue weighted by molar-refractivity contribution is -0.215. The molecule has 2 aromatic carbocycles. The van der Waals surface area contributed by atoms with E-state index in [1.165, 1.54) is 23.1 Å². The minimum atomic E-state index is -4.73. The zero-order chi connectivity index (χ0) is 29.0. The van der Waals surface area contributed by atoms with E-state index in [9.17, 15) is 45.8 Å². The van der Waals surface area contributed by atoms with E-state index in [0.717, 1.165) is 29.2 Å². The Kier molecular flexibility index (Phi) is 6.94. The predicted molar refractivity (Wildman–Crippen MR) is 127 cm³/mol. The number of carbonyl (C=O) groups excluding carboxylic acids is 3. The summed E-state index contributed by atoms with van der Waals surface area (Å²) in [4.78, 5) is 39.1. The summed E-state index contributed by atoms with van der Waals surface area (Å²) in [5.74, 6) is -1.47. The first-order chi connectivity index (χ1) is 18.7. The van der Waals surface area contributed by atoms with Gasteiger partial charge < -0.3 is 10.0 Å². The molecule has 3 aliphatic heterocycles. The number of imide groups is 1. The highest BCUT2D eigenvalue weighted by Crippen LogP contribution is 2.43. The summed E-state index contributed by atoms with van der Waals surface area (Å²) in [6, 6.07) is 5.32. The summed E-state index contributed by atoms with van der Waals surface area (Å²) in [7, 11) is 0. The zero-order valence-electron chi connectivity index (χ0n) is 21.0. The molecular weight excluding hydrogens is 544 g/mol. The van der Waals surface area contributed by atoms with Gasteiger partial charge in [-0.25, -0.2) is 0 Å². The number of nitrogens with zero attached hydrogens (tertiary/aromatic N) is 2. The lowest BCUT2D eigenvalue weighted by Gasteiger charge is -2.45. The van der Waals surface area contributed by atoms with Crippen LogP contribution < -0.4 is 5.32 Å². The smallest absolute Gasteiger partial charge is 0.385 e. The molecule has 0 radical (unpaired) electrons. The van der Waals surface area contributed by atoms with E-state index in [1.54, 1.807) is 0 Å². The van der Waals surface area contributed by atoms with Crippen molar-refractivity contribution in [1.82, 2.24) is 15.1 Å². The molecule has 7 nitrogen and oxygen atoms in total. The Morgan fingerprint density at radius 2 is 1.70 bits per heavy atom. The molecule has 0 bridgehead atoms. The highest BCUT2D eigenvalue weighted by Gasteiger charge is 2.52. The van der Waals surface area contributed by atoms with E-state index in [1.807, 2.05) is 0 Å². The van der Waals surface area contributed by atoms with Crippen molar-refractivity contribution >= 4 is 17.7 Å². The zero-order valence-corrected chi connectivity index (χ0v) is 21.0. The monoisotopic (exact) mass is 569 g/mol. The standard InChI is InChI=1S/C27H25F6N3O4/c28-26(29,30)17-3-1-15(2-4-17)13-35-10-9-25(40,12-21(35)27(31,32)33)18-5-6-19-16(11-18)14-36(24(19)39)20-7-8-22(37)34-23(20)38/h1-6,11,20-21,40H,7-10,12-14H2,(H,34,37,38). The van der Waals surface area contributed by atoms with Crippen molar-refractivity contribution in [3.05, 3.63) is 70.3 Å². The maximum absolute atomic E-state index is 14.2. The van der Waals surface area contributed by atoms with Gasteiger partial charge in [0.05, 0.1) is 11.2 Å². The van der Waals surface area contributed by atoms with E-state index < -0.39 is 59.7 Å². The van der Waals surface area contributed by atoms with E-state index in [0.29, 0.717) is 5.56 Å². The van der Waals surface area contributed by atoms with Gasteiger partial charge in [0.2, 0.25) is 11.8 Å². The van der Waals surface area contributed by atoms with Gasteiger partial charge in [0.15, 0.2) is 0 Å². The molecule has 0 spiro atoms. The molecule has 5 rings (SSSR count). The van der Waals surface area contributed by atoms with Crippen LogP contribution in [-0.4, -0.2) is 57.4 Å². The Morgan fingerprint density at radius 1 is 1.00 bits per heavy atom. The van der Waals surface area contributed by atoms with Crippen LogP contribution in [0.3, 0.4) is 0 Å². The number of nitrogens with one attached hydrogen (secondary N) is 1. The van der Waals surface area contributed by atoms with Gasteiger partial charge >= 0.3 is 12.4 Å². The molecule has 3 unspecified atom stereocenters. The molecule has 3 amide bonds. The third kappa shape index (κ3) is 5.31. The first kappa shape index (κ1) is 28.1. The van der Waals surface area contributed by atoms with Crippen LogP contribution in [0.2, 0.25) is 0 Å². The second-order valence-electron chi connectivity index (χ2n) is 10.5. The van der Waals surface area contributed by atoms with Crippen LogP contribution in [0.15, 0.2) is 42.5 Å². The molecule has 2 fully saturated rings. The Balaban J connectivity index is 1.34. The van der Waals surface area contributed by atoms with E-state index in [-0.39, 0.29) is 55.6 Å². The quantitative estimate of drug-likeness (QED) is 0.431. The summed E-state index contributed by atoms with van der Waals surface area (Å²) < 4.78 is 81.0. The van der Waals surface area contributed by atoms with Crippen LogP contribution in [0.5, 0.6) is 0 Å². The summed E-state index contributed by atoms with van der Waals surface area (Å²) in [5.41, 5.74) is -1.58. The number of aliphatic hydroxyl groups is 1. The Labute approximate surface area is 224 Å². The van der Waals surface area contributed by atoms with Crippen molar-refractivity contribution in [3.8, 4) is 0 Å². The van der Waals surface area contributed by atoms with Crippen molar-refractivity contribution in [3.63, 3.8) is 0 Å². The van der Waals surface area contributed by atoms with Crippen molar-refractivity contribution in [1.29, 1.82) is 0 Å². The van der Waals surface area contributed by atoms with Gasteiger partial charge in [0.25, 0.3) is 5.91 Å². The maximum Gasteiger partial charge on any atom is 0.416 e. The molecule has 0 saturated carbocycles. The van der Waals surface area contributed by atoms with Crippen LogP contribution in [0.4, 0.5) is 26.3 Å². The minimum absolute atomic E-state index is 0.00705. The summed E-state index contributed by atoms with van der Waals surface area (Å²) in [5, 5.41) is 13.6.